The highest BCUT2D eigenvalue weighted by atomic mass is 15.2. The summed E-state index contributed by atoms with van der Waals surface area (Å²) in [5.41, 5.74) is 8.43. The van der Waals surface area contributed by atoms with E-state index in [0.29, 0.717) is 5.92 Å². The maximum Gasteiger partial charge on any atom is 0.0465 e. The largest absolute Gasteiger partial charge is 0.378 e. The Hall–Kier alpha value is -1.84. The fourth-order valence-electron chi connectivity index (χ4n) is 3.16. The third-order valence-electron chi connectivity index (χ3n) is 4.49. The van der Waals surface area contributed by atoms with E-state index in [2.05, 4.69) is 73.0 Å². The van der Waals surface area contributed by atoms with Gasteiger partial charge in [0, 0.05) is 25.8 Å². The van der Waals surface area contributed by atoms with Crippen LogP contribution in [0.3, 0.4) is 0 Å². The molecule has 110 valence electrons. The summed E-state index contributed by atoms with van der Waals surface area (Å²) < 4.78 is 0. The summed E-state index contributed by atoms with van der Waals surface area (Å²) in [5.74, 6) is 6.41. The van der Waals surface area contributed by atoms with Crippen LogP contribution in [0.15, 0.2) is 48.5 Å². The fourth-order valence-corrected chi connectivity index (χ4v) is 3.16. The molecule has 0 fully saturated rings. The molecule has 0 aliphatic heterocycles. The van der Waals surface area contributed by atoms with Gasteiger partial charge < -0.3 is 4.90 Å². The van der Waals surface area contributed by atoms with Crippen molar-refractivity contribution in [3.05, 3.63) is 65.2 Å². The number of nitrogens with zero attached hydrogens (tertiary/aromatic N) is 1. The molecular weight excluding hydrogens is 258 g/mol. The maximum absolute atomic E-state index is 5.79. The maximum atomic E-state index is 5.79. The van der Waals surface area contributed by atoms with Crippen molar-refractivity contribution < 1.29 is 0 Å². The van der Waals surface area contributed by atoms with E-state index >= 15 is 0 Å². The number of hydrogen-bond acceptors (Lipinski definition) is 3. The van der Waals surface area contributed by atoms with Gasteiger partial charge >= 0.3 is 0 Å². The molecule has 0 amide bonds. The van der Waals surface area contributed by atoms with Crippen LogP contribution in [0.2, 0.25) is 0 Å². The van der Waals surface area contributed by atoms with Gasteiger partial charge in [0.15, 0.2) is 0 Å². The lowest BCUT2D eigenvalue weighted by molar-refractivity contribution is 0.435. The smallest absolute Gasteiger partial charge is 0.0465 e. The summed E-state index contributed by atoms with van der Waals surface area (Å²) in [6.45, 7) is 0. The van der Waals surface area contributed by atoms with Crippen LogP contribution in [-0.2, 0) is 6.42 Å². The van der Waals surface area contributed by atoms with Gasteiger partial charge in [0.05, 0.1) is 0 Å². The highest BCUT2D eigenvalue weighted by Gasteiger charge is 2.28. The topological polar surface area (TPSA) is 41.3 Å². The molecule has 3 heteroatoms. The highest BCUT2D eigenvalue weighted by Crippen LogP contribution is 2.40. The molecule has 1 aliphatic carbocycles. The van der Waals surface area contributed by atoms with Gasteiger partial charge in [0.25, 0.3) is 0 Å². The first-order chi connectivity index (χ1) is 10.2. The van der Waals surface area contributed by atoms with Crippen molar-refractivity contribution >= 4 is 5.69 Å². The van der Waals surface area contributed by atoms with E-state index in [1.54, 1.807) is 0 Å². The molecule has 3 N–H and O–H groups in total. The lowest BCUT2D eigenvalue weighted by Crippen LogP contribution is -2.31. The Balaban J connectivity index is 1.71. The third-order valence-corrected chi connectivity index (χ3v) is 4.49. The van der Waals surface area contributed by atoms with Gasteiger partial charge in [-0.2, -0.15) is 0 Å². The van der Waals surface area contributed by atoms with Gasteiger partial charge in [-0.1, -0.05) is 36.4 Å². The molecule has 0 aromatic heterocycles. The summed E-state index contributed by atoms with van der Waals surface area (Å²) >= 11 is 0. The standard InChI is InChI=1S/C18H23N3/c1-21(2)16-9-7-13(8-10-16)18(20-19)12-15-11-14-5-3-4-6-17(14)15/h3-10,15,18,20H,11-12,19H2,1-2H3. The molecular formula is C18H23N3. The molecule has 21 heavy (non-hydrogen) atoms. The molecule has 3 nitrogen and oxygen atoms in total. The number of nitrogens with one attached hydrogen (secondary N) is 1. The van der Waals surface area contributed by atoms with Crippen LogP contribution in [0, 0.1) is 0 Å². The van der Waals surface area contributed by atoms with Crippen LogP contribution < -0.4 is 16.2 Å². The quantitative estimate of drug-likeness (QED) is 0.654. The van der Waals surface area contributed by atoms with Crippen molar-refractivity contribution in [3.63, 3.8) is 0 Å². The third kappa shape index (κ3) is 2.80. The first-order valence-corrected chi connectivity index (χ1v) is 7.50. The number of rotatable bonds is 5. The summed E-state index contributed by atoms with van der Waals surface area (Å²) in [5, 5.41) is 0. The molecule has 1 aliphatic rings. The van der Waals surface area contributed by atoms with Crippen molar-refractivity contribution in [2.75, 3.05) is 19.0 Å². The second-order valence-corrected chi connectivity index (χ2v) is 6.04. The monoisotopic (exact) mass is 281 g/mol. The Morgan fingerprint density at radius 3 is 2.48 bits per heavy atom. The zero-order chi connectivity index (χ0) is 14.8. The first kappa shape index (κ1) is 14.1. The SMILES string of the molecule is CN(C)c1ccc(C(CC2Cc3ccccc32)NN)cc1. The number of anilines is 1. The average molecular weight is 281 g/mol. The minimum atomic E-state index is 0.208. The molecule has 2 unspecified atom stereocenters. The minimum Gasteiger partial charge on any atom is -0.378 e. The van der Waals surface area contributed by atoms with E-state index in [-0.39, 0.29) is 6.04 Å². The highest BCUT2D eigenvalue weighted by molar-refractivity contribution is 5.47. The lowest BCUT2D eigenvalue weighted by Gasteiger charge is -2.33. The molecule has 2 aromatic carbocycles. The van der Waals surface area contributed by atoms with Crippen LogP contribution >= 0.6 is 0 Å². The zero-order valence-corrected chi connectivity index (χ0v) is 12.7. The Morgan fingerprint density at radius 2 is 1.86 bits per heavy atom. The van der Waals surface area contributed by atoms with E-state index in [0.717, 1.165) is 6.42 Å². The van der Waals surface area contributed by atoms with E-state index < -0.39 is 0 Å². The average Bonchev–Trinajstić information content (AvgIpc) is 2.49. The first-order valence-electron chi connectivity index (χ1n) is 7.50. The minimum absolute atomic E-state index is 0.208. The second-order valence-electron chi connectivity index (χ2n) is 6.04. The summed E-state index contributed by atoms with van der Waals surface area (Å²) in [6.07, 6.45) is 2.22. The number of nitrogens with two attached hydrogens (primary N) is 1. The van der Waals surface area contributed by atoms with Gasteiger partial charge in [-0.15, -0.1) is 0 Å². The summed E-state index contributed by atoms with van der Waals surface area (Å²) in [7, 11) is 4.11. The molecule has 0 spiro atoms. The Morgan fingerprint density at radius 1 is 1.14 bits per heavy atom. The number of hydrazine groups is 1. The molecule has 0 heterocycles. The molecule has 0 saturated carbocycles. The number of hydrogen-bond donors (Lipinski definition) is 2. The molecule has 2 aromatic rings. The van der Waals surface area contributed by atoms with Crippen LogP contribution in [-0.4, -0.2) is 14.1 Å². The summed E-state index contributed by atoms with van der Waals surface area (Å²) in [4.78, 5) is 2.11. The number of benzene rings is 2. The fraction of sp³-hybridized carbons (Fsp3) is 0.333. The zero-order valence-electron chi connectivity index (χ0n) is 12.7. The van der Waals surface area contributed by atoms with Crippen LogP contribution in [0.5, 0.6) is 0 Å². The normalized spacial score (nSPS) is 17.8. The van der Waals surface area contributed by atoms with Crippen molar-refractivity contribution in [1.82, 2.24) is 5.43 Å². The Bertz CT molecular complexity index is 604. The van der Waals surface area contributed by atoms with Gasteiger partial charge in [-0.05, 0) is 47.6 Å². The molecule has 0 bridgehead atoms. The van der Waals surface area contributed by atoms with E-state index in [1.165, 1.54) is 28.8 Å². The van der Waals surface area contributed by atoms with Crippen LogP contribution in [0.25, 0.3) is 0 Å². The van der Waals surface area contributed by atoms with Crippen molar-refractivity contribution in [3.8, 4) is 0 Å². The number of fused-ring (bicyclic) bond motifs is 1. The van der Waals surface area contributed by atoms with Crippen LogP contribution in [0.1, 0.15) is 35.1 Å². The van der Waals surface area contributed by atoms with Crippen molar-refractivity contribution in [2.24, 2.45) is 5.84 Å². The predicted octanol–water partition coefficient (Wildman–Crippen LogP) is 2.99. The molecule has 2 atom stereocenters. The molecule has 0 saturated heterocycles. The van der Waals surface area contributed by atoms with Crippen molar-refractivity contribution in [2.45, 2.75) is 24.8 Å². The van der Waals surface area contributed by atoms with E-state index in [4.69, 9.17) is 5.84 Å². The van der Waals surface area contributed by atoms with E-state index in [1.807, 2.05) is 0 Å². The lowest BCUT2D eigenvalue weighted by atomic mass is 9.74. The second kappa shape index (κ2) is 5.88. The summed E-state index contributed by atoms with van der Waals surface area (Å²) in [6, 6.07) is 17.6. The Kier molecular flexibility index (Phi) is 3.95. The van der Waals surface area contributed by atoms with Crippen molar-refractivity contribution in [1.29, 1.82) is 0 Å². The van der Waals surface area contributed by atoms with Crippen LogP contribution in [0.4, 0.5) is 5.69 Å². The molecule has 3 rings (SSSR count). The van der Waals surface area contributed by atoms with Gasteiger partial charge in [-0.25, -0.2) is 0 Å². The molecule has 0 radical (unpaired) electrons. The van der Waals surface area contributed by atoms with Gasteiger partial charge in [0.2, 0.25) is 0 Å². The van der Waals surface area contributed by atoms with E-state index in [9.17, 15) is 0 Å². The Labute approximate surface area is 126 Å². The van der Waals surface area contributed by atoms with Gasteiger partial charge in [0.1, 0.15) is 0 Å². The predicted molar refractivity (Wildman–Crippen MR) is 88.3 cm³/mol. The van der Waals surface area contributed by atoms with Gasteiger partial charge in [-0.3, -0.25) is 11.3 Å².